The largest absolute Gasteiger partial charge is 0.481 e. The summed E-state index contributed by atoms with van der Waals surface area (Å²) in [5.41, 5.74) is 0.199. The summed E-state index contributed by atoms with van der Waals surface area (Å²) >= 11 is 0. The van der Waals surface area contributed by atoms with Gasteiger partial charge in [-0.2, -0.15) is 17.0 Å². The molecule has 1 saturated heterocycles. The normalized spacial score (nSPS) is 19.4. The van der Waals surface area contributed by atoms with Gasteiger partial charge in [0.05, 0.1) is 6.42 Å². The minimum atomic E-state index is -3.52. The molecule has 118 valence electrons. The van der Waals surface area contributed by atoms with E-state index in [9.17, 15) is 13.2 Å². The second kappa shape index (κ2) is 6.41. The Bertz CT molecular complexity index is 434. The first-order chi connectivity index (χ1) is 9.05. The molecule has 1 N–H and O–H groups in total. The average Bonchev–Trinajstić information content (AvgIpc) is 2.34. The molecule has 0 radical (unpaired) electrons. The van der Waals surface area contributed by atoms with Crippen LogP contribution in [0.1, 0.15) is 40.0 Å². The maximum Gasteiger partial charge on any atom is 0.304 e. The molecule has 1 heterocycles. The molecule has 0 atom stereocenters. The van der Waals surface area contributed by atoms with E-state index in [-0.39, 0.29) is 18.4 Å². The van der Waals surface area contributed by atoms with Crippen LogP contribution >= 0.6 is 0 Å². The lowest BCUT2D eigenvalue weighted by Crippen LogP contribution is -2.47. The van der Waals surface area contributed by atoms with E-state index >= 15 is 0 Å². The standard InChI is InChI=1S/C13H26N2O4S/c1-13(2,3)11-5-9-15(10-6-11)20(18,19)14(4)8-7-12(16)17/h11H,5-10H2,1-4H3,(H,16,17). The minimum Gasteiger partial charge on any atom is -0.481 e. The number of rotatable bonds is 5. The Kier molecular flexibility index (Phi) is 5.57. The molecule has 6 nitrogen and oxygen atoms in total. The molecule has 0 spiro atoms. The zero-order chi connectivity index (χ0) is 15.6. The first-order valence-corrected chi connectivity index (χ1v) is 8.38. The quantitative estimate of drug-likeness (QED) is 0.832. The van der Waals surface area contributed by atoms with Gasteiger partial charge in [0.1, 0.15) is 0 Å². The van der Waals surface area contributed by atoms with Crippen molar-refractivity contribution in [3.63, 3.8) is 0 Å². The highest BCUT2D eigenvalue weighted by Crippen LogP contribution is 2.35. The predicted molar refractivity (Wildman–Crippen MR) is 77.6 cm³/mol. The van der Waals surface area contributed by atoms with Crippen LogP contribution in [0.15, 0.2) is 0 Å². The summed E-state index contributed by atoms with van der Waals surface area (Å²) in [7, 11) is -2.08. The van der Waals surface area contributed by atoms with Crippen LogP contribution in [0, 0.1) is 11.3 Å². The maximum absolute atomic E-state index is 12.3. The highest BCUT2D eigenvalue weighted by Gasteiger charge is 2.34. The van der Waals surface area contributed by atoms with Gasteiger partial charge in [-0.15, -0.1) is 0 Å². The third-order valence-electron chi connectivity index (χ3n) is 4.04. The average molecular weight is 306 g/mol. The molecule has 1 fully saturated rings. The van der Waals surface area contributed by atoms with E-state index < -0.39 is 16.2 Å². The van der Waals surface area contributed by atoms with E-state index in [2.05, 4.69) is 20.8 Å². The molecule has 0 aromatic carbocycles. The van der Waals surface area contributed by atoms with Gasteiger partial charge in [-0.25, -0.2) is 0 Å². The van der Waals surface area contributed by atoms with Gasteiger partial charge in [0.2, 0.25) is 0 Å². The lowest BCUT2D eigenvalue weighted by Gasteiger charge is -2.39. The van der Waals surface area contributed by atoms with Crippen LogP contribution in [0.4, 0.5) is 0 Å². The van der Waals surface area contributed by atoms with Crippen molar-refractivity contribution in [2.45, 2.75) is 40.0 Å². The van der Waals surface area contributed by atoms with Crippen molar-refractivity contribution < 1.29 is 18.3 Å². The van der Waals surface area contributed by atoms with Crippen molar-refractivity contribution in [3.05, 3.63) is 0 Å². The SMILES string of the molecule is CN(CCC(=O)O)S(=O)(=O)N1CCC(C(C)(C)C)CC1. The van der Waals surface area contributed by atoms with Crippen LogP contribution in [0.25, 0.3) is 0 Å². The predicted octanol–water partition coefficient (Wildman–Crippen LogP) is 1.40. The van der Waals surface area contributed by atoms with Crippen molar-refractivity contribution in [2.24, 2.45) is 11.3 Å². The Morgan fingerprint density at radius 2 is 1.80 bits per heavy atom. The van der Waals surface area contributed by atoms with Crippen LogP contribution in [0.3, 0.4) is 0 Å². The van der Waals surface area contributed by atoms with E-state index in [0.717, 1.165) is 17.1 Å². The molecule has 0 bridgehead atoms. The molecule has 0 saturated carbocycles. The summed E-state index contributed by atoms with van der Waals surface area (Å²) in [6.07, 6.45) is 1.54. The zero-order valence-electron chi connectivity index (χ0n) is 12.8. The van der Waals surface area contributed by atoms with Gasteiger partial charge in [-0.05, 0) is 24.2 Å². The number of carbonyl (C=O) groups is 1. The van der Waals surface area contributed by atoms with Crippen molar-refractivity contribution in [1.29, 1.82) is 0 Å². The molecule has 0 aromatic heterocycles. The highest BCUT2D eigenvalue weighted by molar-refractivity contribution is 7.86. The number of hydrogen-bond acceptors (Lipinski definition) is 3. The van der Waals surface area contributed by atoms with Crippen molar-refractivity contribution in [2.75, 3.05) is 26.7 Å². The van der Waals surface area contributed by atoms with Crippen LogP contribution in [0.5, 0.6) is 0 Å². The van der Waals surface area contributed by atoms with Gasteiger partial charge in [0.15, 0.2) is 0 Å². The molecule has 1 rings (SSSR count). The minimum absolute atomic E-state index is 0.0108. The number of hydrogen-bond donors (Lipinski definition) is 1. The smallest absolute Gasteiger partial charge is 0.304 e. The molecule has 0 amide bonds. The molecule has 7 heteroatoms. The van der Waals surface area contributed by atoms with E-state index in [1.165, 1.54) is 11.4 Å². The van der Waals surface area contributed by atoms with Crippen molar-refractivity contribution in [1.82, 2.24) is 8.61 Å². The van der Waals surface area contributed by atoms with Crippen molar-refractivity contribution >= 4 is 16.2 Å². The van der Waals surface area contributed by atoms with Gasteiger partial charge in [0.25, 0.3) is 10.2 Å². The number of nitrogens with zero attached hydrogens (tertiary/aromatic N) is 2. The van der Waals surface area contributed by atoms with Crippen LogP contribution in [0.2, 0.25) is 0 Å². The Morgan fingerprint density at radius 3 is 2.20 bits per heavy atom. The fraction of sp³-hybridized carbons (Fsp3) is 0.923. The molecule has 20 heavy (non-hydrogen) atoms. The number of carboxylic acid groups (broad SMARTS) is 1. The molecular formula is C13H26N2O4S. The first kappa shape index (κ1) is 17.4. The van der Waals surface area contributed by atoms with Crippen molar-refractivity contribution in [3.8, 4) is 0 Å². The third kappa shape index (κ3) is 4.43. The topological polar surface area (TPSA) is 77.9 Å². The Balaban J connectivity index is 2.60. The summed E-state index contributed by atoms with van der Waals surface area (Å²) in [6.45, 7) is 7.59. The van der Waals surface area contributed by atoms with E-state index in [4.69, 9.17) is 5.11 Å². The second-order valence-corrected chi connectivity index (χ2v) is 8.55. The van der Waals surface area contributed by atoms with Gasteiger partial charge in [-0.1, -0.05) is 20.8 Å². The van der Waals surface area contributed by atoms with Crippen LogP contribution < -0.4 is 0 Å². The van der Waals surface area contributed by atoms with E-state index in [1.807, 2.05) is 0 Å². The van der Waals surface area contributed by atoms with Crippen LogP contribution in [-0.4, -0.2) is 54.8 Å². The number of aliphatic carboxylic acids is 1. The van der Waals surface area contributed by atoms with Gasteiger partial charge in [-0.3, -0.25) is 4.79 Å². The van der Waals surface area contributed by atoms with Gasteiger partial charge in [0, 0.05) is 26.7 Å². The first-order valence-electron chi connectivity index (χ1n) is 6.98. The fourth-order valence-electron chi connectivity index (χ4n) is 2.52. The summed E-state index contributed by atoms with van der Waals surface area (Å²) in [6, 6.07) is 0. The number of carboxylic acids is 1. The van der Waals surface area contributed by atoms with Gasteiger partial charge >= 0.3 is 5.97 Å². The van der Waals surface area contributed by atoms with E-state index in [1.54, 1.807) is 0 Å². The van der Waals surface area contributed by atoms with Crippen LogP contribution in [-0.2, 0) is 15.0 Å². The zero-order valence-corrected chi connectivity index (χ0v) is 13.6. The monoisotopic (exact) mass is 306 g/mol. The lowest BCUT2D eigenvalue weighted by atomic mass is 9.76. The molecular weight excluding hydrogens is 280 g/mol. The Morgan fingerprint density at radius 1 is 1.30 bits per heavy atom. The Labute approximate surface area is 121 Å². The lowest BCUT2D eigenvalue weighted by molar-refractivity contribution is -0.137. The Hall–Kier alpha value is -0.660. The third-order valence-corrected chi connectivity index (χ3v) is 6.03. The molecule has 1 aliphatic rings. The summed E-state index contributed by atoms with van der Waals surface area (Å²) < 4.78 is 27.2. The summed E-state index contributed by atoms with van der Waals surface area (Å²) in [4.78, 5) is 10.5. The summed E-state index contributed by atoms with van der Waals surface area (Å²) in [5.74, 6) is -0.461. The fourth-order valence-corrected chi connectivity index (χ4v) is 3.91. The molecule has 1 aliphatic heterocycles. The van der Waals surface area contributed by atoms with E-state index in [0.29, 0.717) is 19.0 Å². The molecule has 0 aromatic rings. The summed E-state index contributed by atoms with van der Waals surface area (Å²) in [5, 5.41) is 8.63. The second-order valence-electron chi connectivity index (χ2n) is 6.51. The molecule has 0 unspecified atom stereocenters. The number of piperidine rings is 1. The maximum atomic E-state index is 12.3. The highest BCUT2D eigenvalue weighted by atomic mass is 32.2. The molecule has 0 aliphatic carbocycles. The van der Waals surface area contributed by atoms with Gasteiger partial charge < -0.3 is 5.11 Å².